The Bertz CT molecular complexity index is 996. The molecule has 0 aromatic carbocycles. The number of hydrogen-bond acceptors (Lipinski definition) is 6. The molecule has 1 saturated heterocycles. The number of carbonyl (C=O) groups excluding carboxylic acids is 2. The molecule has 8 heteroatoms. The molecule has 5 rings (SSSR count). The van der Waals surface area contributed by atoms with Crippen LogP contribution in [0.5, 0.6) is 0 Å². The van der Waals surface area contributed by atoms with E-state index in [1.54, 1.807) is 20.8 Å². The van der Waals surface area contributed by atoms with Gasteiger partial charge in [0.25, 0.3) is 0 Å². The summed E-state index contributed by atoms with van der Waals surface area (Å²) in [6.45, 7) is 8.98. The van der Waals surface area contributed by atoms with Gasteiger partial charge in [-0.05, 0) is 69.4 Å². The summed E-state index contributed by atoms with van der Waals surface area (Å²) >= 11 is 1.49. The summed E-state index contributed by atoms with van der Waals surface area (Å²) in [6.07, 6.45) is 0.513. The Hall–Kier alpha value is -1.09. The summed E-state index contributed by atoms with van der Waals surface area (Å²) in [7, 11) is 0. The van der Waals surface area contributed by atoms with Crippen LogP contribution in [-0.4, -0.2) is 63.6 Å². The SMILES string of the molecule is CCSCC(=O)C12OC(C)(C)OC1CC1C3CC(F)C4=CC(=O)C=CC4(C)C3(F)C(O)CC12C. The van der Waals surface area contributed by atoms with Crippen molar-refractivity contribution in [1.29, 1.82) is 0 Å². The van der Waals surface area contributed by atoms with E-state index < -0.39 is 58.1 Å². The summed E-state index contributed by atoms with van der Waals surface area (Å²) in [5, 5.41) is 11.5. The summed E-state index contributed by atoms with van der Waals surface area (Å²) in [5.74, 6) is -1.77. The Balaban J connectivity index is 1.63. The molecule has 3 saturated carbocycles. The molecule has 0 spiro atoms. The molecule has 1 heterocycles. The van der Waals surface area contributed by atoms with E-state index in [1.807, 2.05) is 13.8 Å². The van der Waals surface area contributed by atoms with Crippen molar-refractivity contribution in [3.05, 3.63) is 23.8 Å². The van der Waals surface area contributed by atoms with Crippen molar-refractivity contribution in [2.75, 3.05) is 11.5 Å². The van der Waals surface area contributed by atoms with E-state index in [4.69, 9.17) is 9.47 Å². The molecule has 9 unspecified atom stereocenters. The van der Waals surface area contributed by atoms with Crippen LogP contribution in [0.15, 0.2) is 23.8 Å². The third-order valence-corrected chi connectivity index (χ3v) is 10.3. The fourth-order valence-electron chi connectivity index (χ4n) is 8.10. The van der Waals surface area contributed by atoms with Gasteiger partial charge in [0, 0.05) is 16.7 Å². The molecule has 0 bridgehead atoms. The average Bonchev–Trinajstić information content (AvgIpc) is 3.16. The fraction of sp³-hybridized carbons (Fsp3) is 0.769. The minimum Gasteiger partial charge on any atom is -0.390 e. The number of thioether (sulfide) groups is 1. The van der Waals surface area contributed by atoms with E-state index in [1.165, 1.54) is 30.0 Å². The molecule has 5 nitrogen and oxygen atoms in total. The van der Waals surface area contributed by atoms with E-state index in [-0.39, 0.29) is 35.7 Å². The molecule has 1 N–H and O–H groups in total. The molecule has 0 radical (unpaired) electrons. The molecule has 5 aliphatic rings. The molecule has 9 atom stereocenters. The molecule has 0 aromatic heterocycles. The lowest BCUT2D eigenvalue weighted by molar-refractivity contribution is -0.247. The largest absolute Gasteiger partial charge is 0.390 e. The minimum atomic E-state index is -2.18. The van der Waals surface area contributed by atoms with Gasteiger partial charge >= 0.3 is 0 Å². The van der Waals surface area contributed by atoms with E-state index >= 15 is 8.78 Å². The van der Waals surface area contributed by atoms with Crippen LogP contribution in [0.4, 0.5) is 8.78 Å². The Morgan fingerprint density at radius 2 is 1.94 bits per heavy atom. The zero-order valence-electron chi connectivity index (χ0n) is 20.4. The third kappa shape index (κ3) is 2.83. The van der Waals surface area contributed by atoms with Crippen LogP contribution in [0.25, 0.3) is 0 Å². The second-order valence-corrected chi connectivity index (χ2v) is 12.8. The summed E-state index contributed by atoms with van der Waals surface area (Å²) in [5.41, 5.74) is -5.79. The number of allylic oxidation sites excluding steroid dienone is 4. The first-order valence-electron chi connectivity index (χ1n) is 12.2. The Kier molecular flexibility index (Phi) is 5.40. The van der Waals surface area contributed by atoms with E-state index in [0.29, 0.717) is 6.42 Å². The molecule has 1 aliphatic heterocycles. The number of alkyl halides is 2. The first-order chi connectivity index (χ1) is 15.8. The van der Waals surface area contributed by atoms with Gasteiger partial charge in [-0.3, -0.25) is 9.59 Å². The first-order valence-corrected chi connectivity index (χ1v) is 13.4. The van der Waals surface area contributed by atoms with Crippen molar-refractivity contribution in [2.45, 2.75) is 89.3 Å². The van der Waals surface area contributed by atoms with Crippen molar-refractivity contribution in [3.8, 4) is 0 Å². The molecule has 4 fully saturated rings. The molecular formula is C26H34F2O5S. The maximum atomic E-state index is 17.3. The number of carbonyl (C=O) groups is 2. The Morgan fingerprint density at radius 3 is 2.62 bits per heavy atom. The quantitative estimate of drug-likeness (QED) is 0.631. The molecule has 0 amide bonds. The minimum absolute atomic E-state index is 0.00918. The van der Waals surface area contributed by atoms with Crippen molar-refractivity contribution < 1.29 is 33.0 Å². The highest BCUT2D eigenvalue weighted by atomic mass is 32.2. The van der Waals surface area contributed by atoms with Crippen LogP contribution < -0.4 is 0 Å². The predicted octanol–water partition coefficient (Wildman–Crippen LogP) is 4.13. The van der Waals surface area contributed by atoms with Gasteiger partial charge in [-0.15, -0.1) is 0 Å². The Morgan fingerprint density at radius 1 is 1.24 bits per heavy atom. The number of ketones is 2. The van der Waals surface area contributed by atoms with Crippen molar-refractivity contribution in [3.63, 3.8) is 0 Å². The van der Waals surface area contributed by atoms with Gasteiger partial charge in [-0.1, -0.05) is 19.9 Å². The number of aliphatic hydroxyl groups is 1. The number of aliphatic hydroxyl groups excluding tert-OH is 1. The number of fused-ring (bicyclic) bond motifs is 7. The fourth-order valence-corrected chi connectivity index (χ4v) is 8.71. The van der Waals surface area contributed by atoms with Crippen LogP contribution in [0.3, 0.4) is 0 Å². The molecule has 188 valence electrons. The van der Waals surface area contributed by atoms with Gasteiger partial charge in [0.15, 0.2) is 28.6 Å². The van der Waals surface area contributed by atoms with Crippen LogP contribution >= 0.6 is 11.8 Å². The molecule has 34 heavy (non-hydrogen) atoms. The van der Waals surface area contributed by atoms with Crippen LogP contribution in [-0.2, 0) is 19.1 Å². The normalized spacial score (nSPS) is 50.8. The van der Waals surface area contributed by atoms with Gasteiger partial charge in [0.2, 0.25) is 0 Å². The number of hydrogen-bond donors (Lipinski definition) is 1. The van der Waals surface area contributed by atoms with Crippen molar-refractivity contribution in [2.24, 2.45) is 22.7 Å². The van der Waals surface area contributed by atoms with E-state index in [0.717, 1.165) is 5.75 Å². The van der Waals surface area contributed by atoms with Gasteiger partial charge in [-0.2, -0.15) is 11.8 Å². The number of halogens is 2. The third-order valence-electron chi connectivity index (χ3n) is 9.47. The lowest BCUT2D eigenvalue weighted by Crippen LogP contribution is -2.71. The molecule has 4 aliphatic carbocycles. The molecular weight excluding hydrogens is 462 g/mol. The highest BCUT2D eigenvalue weighted by Gasteiger charge is 2.80. The average molecular weight is 497 g/mol. The van der Waals surface area contributed by atoms with Crippen LogP contribution in [0.1, 0.15) is 53.9 Å². The first kappa shape index (κ1) is 24.6. The second-order valence-electron chi connectivity index (χ2n) is 11.5. The summed E-state index contributed by atoms with van der Waals surface area (Å²) in [4.78, 5) is 25.8. The van der Waals surface area contributed by atoms with Gasteiger partial charge in [0.05, 0.1) is 18.0 Å². The maximum Gasteiger partial charge on any atom is 0.178 e. The lowest BCUT2D eigenvalue weighted by atomic mass is 9.44. The highest BCUT2D eigenvalue weighted by molar-refractivity contribution is 7.99. The summed E-state index contributed by atoms with van der Waals surface area (Å²) in [6, 6.07) is 0. The van der Waals surface area contributed by atoms with Crippen molar-refractivity contribution in [1.82, 2.24) is 0 Å². The van der Waals surface area contributed by atoms with Crippen LogP contribution in [0.2, 0.25) is 0 Å². The van der Waals surface area contributed by atoms with Crippen LogP contribution in [0, 0.1) is 22.7 Å². The lowest BCUT2D eigenvalue weighted by Gasteiger charge is -2.63. The number of ether oxygens (including phenoxy) is 2. The summed E-state index contributed by atoms with van der Waals surface area (Å²) < 4.78 is 45.6. The van der Waals surface area contributed by atoms with Gasteiger partial charge in [-0.25, -0.2) is 8.78 Å². The van der Waals surface area contributed by atoms with Gasteiger partial charge in [0.1, 0.15) is 6.17 Å². The van der Waals surface area contributed by atoms with Gasteiger partial charge < -0.3 is 14.6 Å². The molecule has 0 aromatic rings. The standard InChI is InChI=1S/C26H34F2O5S/c1-6-34-13-20(31)26-21(32-22(2,3)33-26)11-15-16-10-18(27)17-9-14(29)7-8-23(17,4)25(16,28)19(30)12-24(15,26)5/h7-9,15-16,18-19,21,30H,6,10-13H2,1-5H3. The smallest absolute Gasteiger partial charge is 0.178 e. The van der Waals surface area contributed by atoms with Crippen molar-refractivity contribution >= 4 is 23.3 Å². The topological polar surface area (TPSA) is 72.8 Å². The zero-order chi connectivity index (χ0) is 24.9. The number of rotatable bonds is 4. The van der Waals surface area contributed by atoms with E-state index in [9.17, 15) is 14.7 Å². The zero-order valence-corrected chi connectivity index (χ0v) is 21.2. The maximum absolute atomic E-state index is 17.3. The Labute approximate surface area is 203 Å². The highest BCUT2D eigenvalue weighted by Crippen LogP contribution is 2.72. The number of Topliss-reactive ketones (excluding diaryl/α,β-unsaturated/α-hetero) is 1. The monoisotopic (exact) mass is 496 g/mol. The van der Waals surface area contributed by atoms with E-state index in [2.05, 4.69) is 0 Å². The predicted molar refractivity (Wildman–Crippen MR) is 125 cm³/mol. The second kappa shape index (κ2) is 7.46.